The van der Waals surface area contributed by atoms with E-state index in [-0.39, 0.29) is 6.10 Å². The molecular formula is C15H24O. The number of fused-ring (bicyclic) bond motifs is 1. The van der Waals surface area contributed by atoms with Crippen LogP contribution in [0.15, 0.2) is 12.2 Å². The first-order chi connectivity index (χ1) is 7.39. The van der Waals surface area contributed by atoms with Crippen LogP contribution in [-0.2, 0) is 0 Å². The Morgan fingerprint density at radius 3 is 2.62 bits per heavy atom. The Hall–Kier alpha value is -0.300. The highest BCUT2D eigenvalue weighted by molar-refractivity contribution is 5.26. The minimum Gasteiger partial charge on any atom is -0.389 e. The molecule has 5 atom stereocenters. The van der Waals surface area contributed by atoms with Crippen molar-refractivity contribution in [2.24, 2.45) is 28.6 Å². The lowest BCUT2D eigenvalue weighted by Gasteiger charge is -2.40. The van der Waals surface area contributed by atoms with Crippen LogP contribution in [0.1, 0.15) is 46.5 Å². The van der Waals surface area contributed by atoms with Crippen molar-refractivity contribution in [3.8, 4) is 0 Å². The van der Waals surface area contributed by atoms with E-state index in [1.165, 1.54) is 19.3 Å². The molecule has 1 heteroatoms. The smallest absolute Gasteiger partial charge is 0.0755 e. The predicted octanol–water partition coefficient (Wildman–Crippen LogP) is 3.39. The molecule has 3 aliphatic rings. The van der Waals surface area contributed by atoms with Crippen molar-refractivity contribution >= 4 is 0 Å². The molecule has 0 aromatic carbocycles. The van der Waals surface area contributed by atoms with E-state index in [1.807, 2.05) is 0 Å². The van der Waals surface area contributed by atoms with Gasteiger partial charge in [-0.05, 0) is 59.8 Å². The zero-order valence-corrected chi connectivity index (χ0v) is 10.8. The quantitative estimate of drug-likeness (QED) is 0.620. The number of hydrogen-bond donors (Lipinski definition) is 1. The molecule has 3 fully saturated rings. The van der Waals surface area contributed by atoms with E-state index in [9.17, 15) is 5.11 Å². The Kier molecular flexibility index (Phi) is 1.98. The van der Waals surface area contributed by atoms with E-state index in [2.05, 4.69) is 27.4 Å². The molecule has 0 aliphatic heterocycles. The zero-order chi connectivity index (χ0) is 11.7. The van der Waals surface area contributed by atoms with Crippen LogP contribution in [0.5, 0.6) is 0 Å². The van der Waals surface area contributed by atoms with Crippen LogP contribution in [0.25, 0.3) is 0 Å². The van der Waals surface area contributed by atoms with Gasteiger partial charge in [0, 0.05) is 0 Å². The van der Waals surface area contributed by atoms with Gasteiger partial charge in [0.2, 0.25) is 0 Å². The molecule has 0 aromatic heterocycles. The Bertz CT molecular complexity index is 343. The summed E-state index contributed by atoms with van der Waals surface area (Å²) in [5.74, 6) is 2.17. The van der Waals surface area contributed by atoms with Gasteiger partial charge < -0.3 is 5.11 Å². The second kappa shape index (κ2) is 2.93. The average Bonchev–Trinajstić information content (AvgIpc) is 2.59. The first-order valence-corrected chi connectivity index (χ1v) is 6.76. The molecule has 1 nitrogen and oxygen atoms in total. The Morgan fingerprint density at radius 1 is 1.25 bits per heavy atom. The molecular weight excluding hydrogens is 196 g/mol. The van der Waals surface area contributed by atoms with Gasteiger partial charge in [-0.3, -0.25) is 0 Å². The molecule has 90 valence electrons. The predicted molar refractivity (Wildman–Crippen MR) is 66.0 cm³/mol. The summed E-state index contributed by atoms with van der Waals surface area (Å²) >= 11 is 0. The van der Waals surface area contributed by atoms with Crippen LogP contribution in [0, 0.1) is 28.6 Å². The summed E-state index contributed by atoms with van der Waals surface area (Å²) in [5, 5.41) is 10.3. The van der Waals surface area contributed by atoms with E-state index >= 15 is 0 Å². The molecule has 0 radical (unpaired) electrons. The third kappa shape index (κ3) is 1.01. The van der Waals surface area contributed by atoms with Crippen LogP contribution in [0.4, 0.5) is 0 Å². The van der Waals surface area contributed by atoms with Crippen LogP contribution >= 0.6 is 0 Å². The highest BCUT2D eigenvalue weighted by atomic mass is 16.3. The second-order valence-electron chi connectivity index (χ2n) is 7.14. The Morgan fingerprint density at radius 2 is 1.94 bits per heavy atom. The molecule has 0 aromatic rings. The van der Waals surface area contributed by atoms with Gasteiger partial charge >= 0.3 is 0 Å². The van der Waals surface area contributed by atoms with E-state index in [0.717, 1.165) is 23.8 Å². The normalized spacial score (nSPS) is 54.1. The molecule has 3 saturated carbocycles. The van der Waals surface area contributed by atoms with Gasteiger partial charge in [0.15, 0.2) is 0 Å². The Labute approximate surface area is 98.9 Å². The molecule has 1 spiro atoms. The minimum absolute atomic E-state index is 0.233. The molecule has 4 unspecified atom stereocenters. The van der Waals surface area contributed by atoms with Crippen molar-refractivity contribution in [2.45, 2.75) is 52.6 Å². The molecule has 0 heterocycles. The molecule has 2 bridgehead atoms. The first-order valence-electron chi connectivity index (χ1n) is 6.76. The topological polar surface area (TPSA) is 20.2 Å². The SMILES string of the molecule is C=C1C2CC3(C[C@@H]1O)C(C)CCC3C2(C)C. The first kappa shape index (κ1) is 10.8. The molecule has 3 aliphatic carbocycles. The maximum Gasteiger partial charge on any atom is 0.0755 e. The maximum absolute atomic E-state index is 10.3. The van der Waals surface area contributed by atoms with Gasteiger partial charge in [0.25, 0.3) is 0 Å². The van der Waals surface area contributed by atoms with Gasteiger partial charge in [0.1, 0.15) is 0 Å². The number of aliphatic hydroxyl groups is 1. The van der Waals surface area contributed by atoms with Crippen LogP contribution in [0.2, 0.25) is 0 Å². The lowest BCUT2D eigenvalue weighted by atomic mass is 9.66. The minimum atomic E-state index is -0.233. The summed E-state index contributed by atoms with van der Waals surface area (Å²) in [6.45, 7) is 11.4. The summed E-state index contributed by atoms with van der Waals surface area (Å²) in [6, 6.07) is 0. The molecule has 0 saturated heterocycles. The summed E-state index contributed by atoms with van der Waals surface area (Å²) < 4.78 is 0. The monoisotopic (exact) mass is 220 g/mol. The third-order valence-electron chi connectivity index (χ3n) is 6.39. The van der Waals surface area contributed by atoms with Gasteiger partial charge in [-0.15, -0.1) is 0 Å². The lowest BCUT2D eigenvalue weighted by Crippen LogP contribution is -2.36. The Balaban J connectivity index is 2.10. The number of rotatable bonds is 0. The van der Waals surface area contributed by atoms with Gasteiger partial charge in [0.05, 0.1) is 6.10 Å². The zero-order valence-electron chi connectivity index (χ0n) is 10.8. The summed E-state index contributed by atoms with van der Waals surface area (Å²) in [5.41, 5.74) is 1.92. The average molecular weight is 220 g/mol. The number of hydrogen-bond acceptors (Lipinski definition) is 1. The fourth-order valence-electron chi connectivity index (χ4n) is 5.44. The van der Waals surface area contributed by atoms with E-state index in [0.29, 0.717) is 16.7 Å². The van der Waals surface area contributed by atoms with E-state index in [1.54, 1.807) is 0 Å². The van der Waals surface area contributed by atoms with Crippen molar-refractivity contribution in [3.05, 3.63) is 12.2 Å². The molecule has 0 amide bonds. The molecule has 3 rings (SSSR count). The fourth-order valence-corrected chi connectivity index (χ4v) is 5.44. The van der Waals surface area contributed by atoms with Crippen molar-refractivity contribution in [1.29, 1.82) is 0 Å². The van der Waals surface area contributed by atoms with Crippen molar-refractivity contribution in [2.75, 3.05) is 0 Å². The van der Waals surface area contributed by atoms with Crippen LogP contribution < -0.4 is 0 Å². The fraction of sp³-hybridized carbons (Fsp3) is 0.867. The maximum atomic E-state index is 10.3. The highest BCUT2D eigenvalue weighted by Gasteiger charge is 2.65. The highest BCUT2D eigenvalue weighted by Crippen LogP contribution is 2.72. The lowest BCUT2D eigenvalue weighted by molar-refractivity contribution is 0.0530. The largest absolute Gasteiger partial charge is 0.389 e. The van der Waals surface area contributed by atoms with Gasteiger partial charge in [-0.25, -0.2) is 0 Å². The second-order valence-corrected chi connectivity index (χ2v) is 7.14. The summed E-state index contributed by atoms with van der Waals surface area (Å²) in [7, 11) is 0. The van der Waals surface area contributed by atoms with Gasteiger partial charge in [-0.1, -0.05) is 27.4 Å². The summed E-state index contributed by atoms with van der Waals surface area (Å²) in [6.07, 6.45) is 4.77. The van der Waals surface area contributed by atoms with E-state index < -0.39 is 0 Å². The molecule has 16 heavy (non-hydrogen) atoms. The van der Waals surface area contributed by atoms with Crippen molar-refractivity contribution in [1.82, 2.24) is 0 Å². The molecule has 1 N–H and O–H groups in total. The van der Waals surface area contributed by atoms with Crippen LogP contribution in [-0.4, -0.2) is 11.2 Å². The van der Waals surface area contributed by atoms with Crippen molar-refractivity contribution in [3.63, 3.8) is 0 Å². The third-order valence-corrected chi connectivity index (χ3v) is 6.39. The summed E-state index contributed by atoms with van der Waals surface area (Å²) in [4.78, 5) is 0. The standard InChI is InChI=1S/C15H24O/c1-9-5-6-13-14(3,4)11-7-15(9,13)8-12(16)10(11)2/h9,11-13,16H,2,5-8H2,1,3-4H3/t9?,11?,12-,13?,15?/m0/s1. The van der Waals surface area contributed by atoms with Crippen molar-refractivity contribution < 1.29 is 5.11 Å². The van der Waals surface area contributed by atoms with E-state index in [4.69, 9.17) is 0 Å². The van der Waals surface area contributed by atoms with Crippen LogP contribution in [0.3, 0.4) is 0 Å². The van der Waals surface area contributed by atoms with Gasteiger partial charge in [-0.2, -0.15) is 0 Å². The number of aliphatic hydroxyl groups excluding tert-OH is 1.